The van der Waals surface area contributed by atoms with Gasteiger partial charge in [0.1, 0.15) is 6.04 Å². The van der Waals surface area contributed by atoms with Crippen molar-refractivity contribution in [1.82, 2.24) is 15.2 Å². The van der Waals surface area contributed by atoms with Gasteiger partial charge in [0.2, 0.25) is 0 Å². The summed E-state index contributed by atoms with van der Waals surface area (Å²) in [5, 5.41) is 0. The van der Waals surface area contributed by atoms with E-state index >= 15 is 0 Å². The summed E-state index contributed by atoms with van der Waals surface area (Å²) in [6.07, 6.45) is 2.17. The van der Waals surface area contributed by atoms with Crippen LogP contribution in [0.25, 0.3) is 0 Å². The van der Waals surface area contributed by atoms with Gasteiger partial charge < -0.3 is 9.64 Å². The molecule has 6 nitrogen and oxygen atoms in total. The van der Waals surface area contributed by atoms with E-state index in [2.05, 4.69) is 22.1 Å². The van der Waals surface area contributed by atoms with E-state index in [9.17, 15) is 4.79 Å². The molecule has 0 saturated carbocycles. The Morgan fingerprint density at radius 1 is 1.56 bits per heavy atom. The van der Waals surface area contributed by atoms with E-state index in [-0.39, 0.29) is 11.9 Å². The molecule has 1 saturated heterocycles. The van der Waals surface area contributed by atoms with E-state index in [4.69, 9.17) is 10.6 Å². The van der Waals surface area contributed by atoms with Crippen molar-refractivity contribution in [2.75, 3.05) is 40.4 Å². The van der Waals surface area contributed by atoms with Gasteiger partial charge >= 0.3 is 0 Å². The van der Waals surface area contributed by atoms with Crippen molar-refractivity contribution in [3.63, 3.8) is 0 Å². The minimum atomic E-state index is -0.307. The average molecular weight is 258 g/mol. The maximum Gasteiger partial charge on any atom is 0.253 e. The first-order valence-electron chi connectivity index (χ1n) is 6.57. The molecule has 18 heavy (non-hydrogen) atoms. The number of methoxy groups -OCH3 is 1. The molecule has 1 atom stereocenters. The second-order valence-corrected chi connectivity index (χ2v) is 4.81. The zero-order valence-electron chi connectivity index (χ0n) is 11.7. The molecule has 1 amide bonds. The Kier molecular flexibility index (Phi) is 6.56. The quantitative estimate of drug-likeness (QED) is 0.378. The minimum absolute atomic E-state index is 0.183. The Morgan fingerprint density at radius 3 is 2.61 bits per heavy atom. The Labute approximate surface area is 109 Å². The smallest absolute Gasteiger partial charge is 0.253 e. The van der Waals surface area contributed by atoms with Gasteiger partial charge in [-0.1, -0.05) is 6.92 Å². The molecule has 106 valence electrons. The molecule has 0 aromatic carbocycles. The van der Waals surface area contributed by atoms with Crippen molar-refractivity contribution in [3.8, 4) is 0 Å². The van der Waals surface area contributed by atoms with Crippen molar-refractivity contribution in [2.24, 2.45) is 5.84 Å². The second-order valence-electron chi connectivity index (χ2n) is 4.81. The predicted octanol–water partition coefficient (Wildman–Crippen LogP) is -0.593. The van der Waals surface area contributed by atoms with Crippen LogP contribution in [-0.2, 0) is 9.53 Å². The molecule has 0 spiro atoms. The van der Waals surface area contributed by atoms with Crippen molar-refractivity contribution >= 4 is 5.91 Å². The van der Waals surface area contributed by atoms with Gasteiger partial charge in [0, 0.05) is 13.2 Å². The van der Waals surface area contributed by atoms with Gasteiger partial charge in [-0.05, 0) is 39.5 Å². The fraction of sp³-hybridized carbons (Fsp3) is 0.917. The van der Waals surface area contributed by atoms with Crippen LogP contribution >= 0.6 is 0 Å². The number of carbonyl (C=O) groups excluding carboxylic acids is 1. The standard InChI is InChI=1S/C12H26N4O2/c1-4-16-7-5-10(6-8-16)15(2)11(9-18-3)12(17)14-13/h10-11H,4-9,13H2,1-3H3,(H,14,17). The van der Waals surface area contributed by atoms with Crippen molar-refractivity contribution in [1.29, 1.82) is 0 Å². The fourth-order valence-corrected chi connectivity index (χ4v) is 2.53. The Bertz CT molecular complexity index is 254. The number of carbonyl (C=O) groups is 1. The molecule has 3 N–H and O–H groups in total. The zero-order chi connectivity index (χ0) is 13.5. The topological polar surface area (TPSA) is 70.8 Å². The lowest BCUT2D eigenvalue weighted by Crippen LogP contribution is -2.55. The van der Waals surface area contributed by atoms with Crippen LogP contribution in [0.3, 0.4) is 0 Å². The van der Waals surface area contributed by atoms with Crippen LogP contribution < -0.4 is 11.3 Å². The van der Waals surface area contributed by atoms with Gasteiger partial charge in [-0.25, -0.2) is 5.84 Å². The first kappa shape index (κ1) is 15.4. The van der Waals surface area contributed by atoms with E-state index in [1.807, 2.05) is 7.05 Å². The van der Waals surface area contributed by atoms with Crippen LogP contribution in [0.4, 0.5) is 0 Å². The largest absolute Gasteiger partial charge is 0.383 e. The van der Waals surface area contributed by atoms with Gasteiger partial charge in [0.15, 0.2) is 0 Å². The van der Waals surface area contributed by atoms with Crippen LogP contribution in [-0.4, -0.2) is 68.2 Å². The van der Waals surface area contributed by atoms with Crippen LogP contribution in [0.5, 0.6) is 0 Å². The third-order valence-electron chi connectivity index (χ3n) is 3.84. The van der Waals surface area contributed by atoms with Crippen molar-refractivity contribution < 1.29 is 9.53 Å². The number of hydrogen-bond donors (Lipinski definition) is 2. The first-order valence-corrected chi connectivity index (χ1v) is 6.57. The SMILES string of the molecule is CCN1CCC(N(C)C(COC)C(=O)NN)CC1. The molecule has 1 aliphatic heterocycles. The summed E-state index contributed by atoms with van der Waals surface area (Å²) < 4.78 is 5.11. The average Bonchev–Trinajstić information content (AvgIpc) is 2.43. The highest BCUT2D eigenvalue weighted by Crippen LogP contribution is 2.17. The highest BCUT2D eigenvalue weighted by Gasteiger charge is 2.30. The number of nitrogens with two attached hydrogens (primary N) is 1. The first-order chi connectivity index (χ1) is 8.63. The molecule has 1 unspecified atom stereocenters. The summed E-state index contributed by atoms with van der Waals surface area (Å²) in [7, 11) is 3.58. The van der Waals surface area contributed by atoms with Gasteiger partial charge in [-0.3, -0.25) is 15.1 Å². The number of piperidine rings is 1. The summed E-state index contributed by atoms with van der Waals surface area (Å²) in [4.78, 5) is 16.3. The summed E-state index contributed by atoms with van der Waals surface area (Å²) in [6, 6.07) is 0.114. The van der Waals surface area contributed by atoms with E-state index in [1.54, 1.807) is 7.11 Å². The van der Waals surface area contributed by atoms with Crippen LogP contribution in [0.2, 0.25) is 0 Å². The van der Waals surface area contributed by atoms with Crippen LogP contribution in [0.15, 0.2) is 0 Å². The molecule has 0 radical (unpaired) electrons. The highest BCUT2D eigenvalue weighted by molar-refractivity contribution is 5.81. The van der Waals surface area contributed by atoms with Crippen LogP contribution in [0.1, 0.15) is 19.8 Å². The molecule has 6 heteroatoms. The van der Waals surface area contributed by atoms with Crippen molar-refractivity contribution in [2.45, 2.75) is 31.8 Å². The van der Waals surface area contributed by atoms with Gasteiger partial charge in [-0.15, -0.1) is 0 Å². The van der Waals surface area contributed by atoms with Gasteiger partial charge in [0.25, 0.3) is 5.91 Å². The molecular formula is C12H26N4O2. The number of likely N-dealkylation sites (tertiary alicyclic amines) is 1. The predicted molar refractivity (Wildman–Crippen MR) is 70.9 cm³/mol. The van der Waals surface area contributed by atoms with Crippen molar-refractivity contribution in [3.05, 3.63) is 0 Å². The van der Waals surface area contributed by atoms with E-state index < -0.39 is 0 Å². The molecular weight excluding hydrogens is 232 g/mol. The Morgan fingerprint density at radius 2 is 2.17 bits per heavy atom. The molecule has 1 fully saturated rings. The van der Waals surface area contributed by atoms with Crippen LogP contribution in [0, 0.1) is 0 Å². The lowest BCUT2D eigenvalue weighted by Gasteiger charge is -2.39. The summed E-state index contributed by atoms with van der Waals surface area (Å²) in [5.74, 6) is 5.04. The molecule has 0 aromatic heterocycles. The summed E-state index contributed by atoms with van der Waals surface area (Å²) in [5.41, 5.74) is 2.22. The van der Waals surface area contributed by atoms with Gasteiger partial charge in [-0.2, -0.15) is 0 Å². The number of nitrogens with one attached hydrogen (secondary N) is 1. The normalized spacial score (nSPS) is 20.1. The van der Waals surface area contributed by atoms with Gasteiger partial charge in [0.05, 0.1) is 6.61 Å². The molecule has 0 bridgehead atoms. The molecule has 0 aliphatic carbocycles. The maximum absolute atomic E-state index is 11.7. The lowest BCUT2D eigenvalue weighted by atomic mass is 10.0. The minimum Gasteiger partial charge on any atom is -0.383 e. The summed E-state index contributed by atoms with van der Waals surface area (Å²) in [6.45, 7) is 5.83. The molecule has 1 rings (SSSR count). The monoisotopic (exact) mass is 258 g/mol. The number of hydrogen-bond acceptors (Lipinski definition) is 5. The Hall–Kier alpha value is -0.690. The fourth-order valence-electron chi connectivity index (χ4n) is 2.53. The maximum atomic E-state index is 11.7. The third kappa shape index (κ3) is 3.91. The highest BCUT2D eigenvalue weighted by atomic mass is 16.5. The number of ether oxygens (including phenoxy) is 1. The Balaban J connectivity index is 2.55. The molecule has 1 aliphatic rings. The lowest BCUT2D eigenvalue weighted by molar-refractivity contribution is -0.129. The van der Waals surface area contributed by atoms with E-state index in [0.717, 1.165) is 32.5 Å². The number of rotatable bonds is 6. The van der Waals surface area contributed by atoms with E-state index in [0.29, 0.717) is 12.6 Å². The number of likely N-dealkylation sites (N-methyl/N-ethyl adjacent to an activating group) is 1. The summed E-state index contributed by atoms with van der Waals surface area (Å²) >= 11 is 0. The number of hydrazine groups is 1. The number of amides is 1. The second kappa shape index (κ2) is 7.68. The molecule has 0 aromatic rings. The zero-order valence-corrected chi connectivity index (χ0v) is 11.7. The molecule has 1 heterocycles. The van der Waals surface area contributed by atoms with E-state index in [1.165, 1.54) is 0 Å². The number of nitrogens with zero attached hydrogens (tertiary/aromatic N) is 2. The third-order valence-corrected chi connectivity index (χ3v) is 3.84.